The van der Waals surface area contributed by atoms with Gasteiger partial charge >= 0.3 is 0 Å². The zero-order valence-corrected chi connectivity index (χ0v) is 19.5. The topological polar surface area (TPSA) is 110 Å². The van der Waals surface area contributed by atoms with E-state index in [0.717, 1.165) is 42.1 Å². The molecule has 3 heterocycles. The van der Waals surface area contributed by atoms with Crippen LogP contribution in [0.3, 0.4) is 0 Å². The summed E-state index contributed by atoms with van der Waals surface area (Å²) < 4.78 is 0. The van der Waals surface area contributed by atoms with Crippen molar-refractivity contribution in [2.75, 3.05) is 37.6 Å². The van der Waals surface area contributed by atoms with Crippen molar-refractivity contribution in [1.29, 1.82) is 0 Å². The average Bonchev–Trinajstić information content (AvgIpc) is 3.42. The Labute approximate surface area is 199 Å². The molecule has 34 heavy (non-hydrogen) atoms. The molecule has 3 saturated heterocycles. The number of nitrogens with zero attached hydrogens (tertiary/aromatic N) is 3. The van der Waals surface area contributed by atoms with E-state index in [1.165, 1.54) is 6.42 Å². The van der Waals surface area contributed by atoms with Crippen molar-refractivity contribution in [2.45, 2.75) is 50.7 Å². The van der Waals surface area contributed by atoms with Gasteiger partial charge in [-0.15, -0.1) is 0 Å². The van der Waals surface area contributed by atoms with E-state index in [-0.39, 0.29) is 12.8 Å². The first kappa shape index (κ1) is 23.0. The van der Waals surface area contributed by atoms with Gasteiger partial charge in [0.2, 0.25) is 18.2 Å². The fourth-order valence-electron chi connectivity index (χ4n) is 5.77. The molecule has 4 aliphatic rings. The number of rotatable bonds is 6. The van der Waals surface area contributed by atoms with Gasteiger partial charge in [0.05, 0.1) is 5.60 Å². The molecule has 9 nitrogen and oxygen atoms in total. The summed E-state index contributed by atoms with van der Waals surface area (Å²) >= 11 is 0. The molecule has 3 unspecified atom stereocenters. The van der Waals surface area contributed by atoms with Gasteiger partial charge in [0.25, 0.3) is 5.91 Å². The van der Waals surface area contributed by atoms with Gasteiger partial charge in [-0.05, 0) is 62.1 Å². The van der Waals surface area contributed by atoms with E-state index >= 15 is 0 Å². The van der Waals surface area contributed by atoms with Crippen LogP contribution in [0.1, 0.15) is 48.0 Å². The second-order valence-corrected chi connectivity index (χ2v) is 10.4. The maximum Gasteiger partial charge on any atom is 0.261 e. The second-order valence-electron chi connectivity index (χ2n) is 10.4. The van der Waals surface area contributed by atoms with Crippen LogP contribution in [0.4, 0.5) is 5.69 Å². The Morgan fingerprint density at radius 1 is 1.24 bits per heavy atom. The third-order valence-corrected chi connectivity index (χ3v) is 7.98. The molecule has 1 aromatic rings. The molecule has 1 aliphatic carbocycles. The van der Waals surface area contributed by atoms with Crippen LogP contribution in [-0.4, -0.2) is 83.4 Å². The Kier molecular flexibility index (Phi) is 5.93. The first-order valence-electron chi connectivity index (χ1n) is 12.2. The van der Waals surface area contributed by atoms with Crippen molar-refractivity contribution in [3.63, 3.8) is 0 Å². The number of carbonyl (C=O) groups excluding carboxylic acids is 4. The summed E-state index contributed by atoms with van der Waals surface area (Å²) in [5, 5.41) is 13.3. The summed E-state index contributed by atoms with van der Waals surface area (Å²) in [6.45, 7) is 6.10. The normalized spacial score (nSPS) is 28.3. The van der Waals surface area contributed by atoms with Crippen LogP contribution in [0.25, 0.3) is 0 Å². The predicted molar refractivity (Wildman–Crippen MR) is 124 cm³/mol. The number of carbonyl (C=O) groups is 4. The summed E-state index contributed by atoms with van der Waals surface area (Å²) in [7, 11) is 0. The highest BCUT2D eigenvalue weighted by Crippen LogP contribution is 2.45. The Bertz CT molecular complexity index is 1010. The molecule has 0 aromatic heterocycles. The van der Waals surface area contributed by atoms with Crippen molar-refractivity contribution >= 4 is 29.8 Å². The second kappa shape index (κ2) is 8.78. The molecule has 3 aliphatic heterocycles. The molecular weight excluding hydrogens is 436 g/mol. The molecule has 2 N–H and O–H groups in total. The van der Waals surface area contributed by atoms with Crippen molar-refractivity contribution < 1.29 is 24.3 Å². The Morgan fingerprint density at radius 2 is 1.94 bits per heavy atom. The molecule has 3 atom stereocenters. The number of nitrogens with one attached hydrogen (secondary N) is 1. The number of anilines is 1. The SMILES string of the molecule is Cc1ccc(N2CCC(O)(CN3CC4CC4C3)CC2)cc1C(=O)N(C=O)C1CCC(=O)NC1=O. The predicted octanol–water partition coefficient (Wildman–Crippen LogP) is 0.682. The average molecular weight is 469 g/mol. The van der Waals surface area contributed by atoms with E-state index in [0.29, 0.717) is 43.5 Å². The Morgan fingerprint density at radius 3 is 2.59 bits per heavy atom. The van der Waals surface area contributed by atoms with Gasteiger partial charge in [0, 0.05) is 50.4 Å². The summed E-state index contributed by atoms with van der Waals surface area (Å²) in [4.78, 5) is 54.2. The van der Waals surface area contributed by atoms with Gasteiger partial charge in [-0.25, -0.2) is 0 Å². The minimum Gasteiger partial charge on any atom is -0.388 e. The molecular formula is C25H32N4O5. The zero-order valence-electron chi connectivity index (χ0n) is 19.5. The Balaban J connectivity index is 1.26. The Hall–Kier alpha value is -2.78. The van der Waals surface area contributed by atoms with Crippen molar-refractivity contribution in [1.82, 2.24) is 15.1 Å². The molecule has 5 rings (SSSR count). The van der Waals surface area contributed by atoms with E-state index in [1.54, 1.807) is 13.0 Å². The minimum absolute atomic E-state index is 0.0858. The zero-order chi connectivity index (χ0) is 24.0. The minimum atomic E-state index is -0.993. The van der Waals surface area contributed by atoms with Crippen LogP contribution < -0.4 is 10.2 Å². The van der Waals surface area contributed by atoms with Crippen molar-refractivity contribution in [2.24, 2.45) is 11.8 Å². The van der Waals surface area contributed by atoms with Crippen LogP contribution in [0.5, 0.6) is 0 Å². The third-order valence-electron chi connectivity index (χ3n) is 7.98. The summed E-state index contributed by atoms with van der Waals surface area (Å²) in [6, 6.07) is 4.56. The fraction of sp³-hybridized carbons (Fsp3) is 0.600. The molecule has 4 amide bonds. The number of benzene rings is 1. The van der Waals surface area contributed by atoms with E-state index in [9.17, 15) is 24.3 Å². The number of hydrogen-bond acceptors (Lipinski definition) is 7. The lowest BCUT2D eigenvalue weighted by atomic mass is 9.90. The molecule has 0 bridgehead atoms. The number of hydrogen-bond donors (Lipinski definition) is 2. The molecule has 1 saturated carbocycles. The molecule has 9 heteroatoms. The lowest BCUT2D eigenvalue weighted by molar-refractivity contribution is -0.139. The van der Waals surface area contributed by atoms with Gasteiger partial charge < -0.3 is 10.0 Å². The fourth-order valence-corrected chi connectivity index (χ4v) is 5.77. The third kappa shape index (κ3) is 4.46. The highest BCUT2D eigenvalue weighted by Gasteiger charge is 2.47. The number of piperidine rings is 3. The van der Waals surface area contributed by atoms with E-state index in [4.69, 9.17) is 0 Å². The number of aliphatic hydroxyl groups is 1. The highest BCUT2D eigenvalue weighted by molar-refractivity contribution is 6.07. The van der Waals surface area contributed by atoms with Crippen molar-refractivity contribution in [3.8, 4) is 0 Å². The van der Waals surface area contributed by atoms with Crippen molar-refractivity contribution in [3.05, 3.63) is 29.3 Å². The van der Waals surface area contributed by atoms with E-state index < -0.39 is 29.4 Å². The largest absolute Gasteiger partial charge is 0.388 e. The lowest BCUT2D eigenvalue weighted by Crippen LogP contribution is -2.54. The lowest BCUT2D eigenvalue weighted by Gasteiger charge is -2.41. The highest BCUT2D eigenvalue weighted by atomic mass is 16.3. The number of imide groups is 2. The molecule has 182 valence electrons. The number of amides is 4. The van der Waals surface area contributed by atoms with Crippen LogP contribution in [0.15, 0.2) is 18.2 Å². The number of β-amino-alcohol motifs (C(OH)–C–C–N with tert-alkyl or cyclic N) is 1. The molecule has 4 fully saturated rings. The summed E-state index contributed by atoms with van der Waals surface area (Å²) in [6.07, 6.45) is 3.25. The maximum absolute atomic E-state index is 13.3. The smallest absolute Gasteiger partial charge is 0.261 e. The summed E-state index contributed by atoms with van der Waals surface area (Å²) in [5.41, 5.74) is 1.23. The van der Waals surface area contributed by atoms with Crippen LogP contribution in [0.2, 0.25) is 0 Å². The van der Waals surface area contributed by atoms with E-state index in [1.807, 2.05) is 12.1 Å². The number of fused-ring (bicyclic) bond motifs is 1. The van der Waals surface area contributed by atoms with Gasteiger partial charge in [-0.3, -0.25) is 34.3 Å². The van der Waals surface area contributed by atoms with Crippen LogP contribution in [-0.2, 0) is 14.4 Å². The quantitative estimate of drug-likeness (QED) is 0.467. The van der Waals surface area contributed by atoms with Crippen LogP contribution >= 0.6 is 0 Å². The molecule has 0 spiro atoms. The molecule has 0 radical (unpaired) electrons. The first-order valence-corrected chi connectivity index (χ1v) is 12.2. The van der Waals surface area contributed by atoms with Gasteiger partial charge in [0.15, 0.2) is 0 Å². The number of likely N-dealkylation sites (tertiary alicyclic amines) is 1. The van der Waals surface area contributed by atoms with E-state index in [2.05, 4.69) is 15.1 Å². The standard InChI is InChI=1S/C25H32N4O5/c1-16-2-3-19(11-20(16)24(33)29(15-30)21-4-5-22(31)26-23(21)32)28-8-6-25(34,7-9-28)14-27-12-17-10-18(17)13-27/h2-3,11,15,17-18,21,34H,4-10,12-14H2,1H3,(H,26,31,32). The maximum atomic E-state index is 13.3. The van der Waals surface area contributed by atoms with Gasteiger partial charge in [0.1, 0.15) is 6.04 Å². The monoisotopic (exact) mass is 468 g/mol. The summed E-state index contributed by atoms with van der Waals surface area (Å²) in [5.74, 6) is 0.113. The van der Waals surface area contributed by atoms with Crippen LogP contribution in [0, 0.1) is 18.8 Å². The molecule has 1 aromatic carbocycles. The first-order chi connectivity index (χ1) is 16.3. The number of aryl methyl sites for hydroxylation is 1. The van der Waals surface area contributed by atoms with Gasteiger partial charge in [-0.1, -0.05) is 6.07 Å². The van der Waals surface area contributed by atoms with Gasteiger partial charge in [-0.2, -0.15) is 0 Å².